The predicted octanol–water partition coefficient (Wildman–Crippen LogP) is 0.619. The van der Waals surface area contributed by atoms with Gasteiger partial charge in [0.2, 0.25) is 5.88 Å². The number of rotatable bonds is 1. The van der Waals surface area contributed by atoms with Gasteiger partial charge in [-0.15, -0.1) is 0 Å². The summed E-state index contributed by atoms with van der Waals surface area (Å²) in [4.78, 5) is 13.7. The van der Waals surface area contributed by atoms with Crippen molar-refractivity contribution >= 4 is 38.2 Å². The summed E-state index contributed by atoms with van der Waals surface area (Å²) in [6, 6.07) is 1.62. The van der Waals surface area contributed by atoms with Gasteiger partial charge in [0.15, 0.2) is 15.0 Å². The maximum absolute atomic E-state index is 11.4. The van der Waals surface area contributed by atoms with Crippen LogP contribution in [0, 0.1) is 0 Å². The highest BCUT2D eigenvalue weighted by Gasteiger charge is 2.23. The molecular formula is C11H11ClN4O3S. The van der Waals surface area contributed by atoms with Gasteiger partial charge in [0.1, 0.15) is 17.7 Å². The van der Waals surface area contributed by atoms with Crippen molar-refractivity contribution in [1.82, 2.24) is 15.0 Å². The first kappa shape index (κ1) is 13.3. The number of hydrogen-bond acceptors (Lipinski definition) is 7. The summed E-state index contributed by atoms with van der Waals surface area (Å²) in [5, 5.41) is 10.3. The van der Waals surface area contributed by atoms with Crippen molar-refractivity contribution in [3.63, 3.8) is 0 Å². The molecule has 0 unspecified atom stereocenters. The van der Waals surface area contributed by atoms with Gasteiger partial charge >= 0.3 is 0 Å². The predicted molar refractivity (Wildman–Crippen MR) is 74.9 cm³/mol. The summed E-state index contributed by atoms with van der Waals surface area (Å²) in [5.41, 5.74) is 0.368. The van der Waals surface area contributed by atoms with E-state index in [1.54, 1.807) is 6.07 Å². The Morgan fingerprint density at radius 3 is 2.65 bits per heavy atom. The van der Waals surface area contributed by atoms with Crippen molar-refractivity contribution in [2.45, 2.75) is 0 Å². The Morgan fingerprint density at radius 1 is 1.25 bits per heavy atom. The van der Waals surface area contributed by atoms with Gasteiger partial charge in [-0.3, -0.25) is 0 Å². The molecule has 1 N–H and O–H groups in total. The lowest BCUT2D eigenvalue weighted by molar-refractivity contribution is 0.459. The minimum absolute atomic E-state index is 0.0849. The van der Waals surface area contributed by atoms with Crippen molar-refractivity contribution in [2.24, 2.45) is 0 Å². The molecule has 0 bridgehead atoms. The lowest BCUT2D eigenvalue weighted by Crippen LogP contribution is -2.40. The van der Waals surface area contributed by atoms with E-state index in [9.17, 15) is 13.5 Å². The molecule has 0 aromatic carbocycles. The number of halogens is 1. The highest BCUT2D eigenvalue weighted by atomic mass is 35.5. The first-order valence-electron chi connectivity index (χ1n) is 5.92. The van der Waals surface area contributed by atoms with Crippen LogP contribution in [0.25, 0.3) is 10.9 Å². The third-order valence-electron chi connectivity index (χ3n) is 3.21. The molecule has 2 aromatic heterocycles. The van der Waals surface area contributed by atoms with E-state index < -0.39 is 9.84 Å². The number of hydrogen-bond donors (Lipinski definition) is 1. The molecule has 7 nitrogen and oxygen atoms in total. The number of nitrogens with zero attached hydrogens (tertiary/aromatic N) is 4. The highest BCUT2D eigenvalue weighted by molar-refractivity contribution is 7.91. The average Bonchev–Trinajstić information content (AvgIpc) is 2.40. The van der Waals surface area contributed by atoms with Gasteiger partial charge in [-0.25, -0.2) is 23.4 Å². The van der Waals surface area contributed by atoms with Crippen molar-refractivity contribution in [1.29, 1.82) is 0 Å². The molecule has 1 saturated heterocycles. The number of sulfone groups is 1. The van der Waals surface area contributed by atoms with Crippen molar-refractivity contribution in [3.8, 4) is 5.88 Å². The Morgan fingerprint density at radius 2 is 1.95 bits per heavy atom. The quantitative estimate of drug-likeness (QED) is 0.771. The van der Waals surface area contributed by atoms with Gasteiger partial charge in [0.05, 0.1) is 16.9 Å². The molecule has 0 aliphatic carbocycles. The number of pyridine rings is 1. The van der Waals surface area contributed by atoms with E-state index in [-0.39, 0.29) is 22.5 Å². The molecule has 0 spiro atoms. The molecule has 1 fully saturated rings. The van der Waals surface area contributed by atoms with Crippen LogP contribution in [0.4, 0.5) is 5.82 Å². The number of fused-ring (bicyclic) bond motifs is 1. The Labute approximate surface area is 120 Å². The van der Waals surface area contributed by atoms with Crippen LogP contribution in [0.2, 0.25) is 5.15 Å². The van der Waals surface area contributed by atoms with Crippen LogP contribution in [0.1, 0.15) is 0 Å². The van der Waals surface area contributed by atoms with Crippen LogP contribution in [0.15, 0.2) is 12.4 Å². The van der Waals surface area contributed by atoms with Gasteiger partial charge in [-0.1, -0.05) is 11.6 Å². The summed E-state index contributed by atoms with van der Waals surface area (Å²) < 4.78 is 22.9. The van der Waals surface area contributed by atoms with E-state index in [1.807, 2.05) is 4.90 Å². The maximum Gasteiger partial charge on any atom is 0.222 e. The Bertz CT molecular complexity index is 767. The molecule has 3 rings (SSSR count). The van der Waals surface area contributed by atoms with E-state index in [4.69, 9.17) is 11.6 Å². The normalized spacial score (nSPS) is 18.4. The molecule has 1 aliphatic rings. The van der Waals surface area contributed by atoms with Crippen LogP contribution in [-0.4, -0.2) is 53.1 Å². The highest BCUT2D eigenvalue weighted by Crippen LogP contribution is 2.29. The van der Waals surface area contributed by atoms with Crippen LogP contribution in [-0.2, 0) is 9.84 Å². The summed E-state index contributed by atoms with van der Waals surface area (Å²) in [6.45, 7) is 0.706. The monoisotopic (exact) mass is 314 g/mol. The fourth-order valence-electron chi connectivity index (χ4n) is 2.10. The summed E-state index contributed by atoms with van der Waals surface area (Å²) in [6.07, 6.45) is 1.21. The van der Waals surface area contributed by atoms with E-state index in [1.165, 1.54) is 6.33 Å². The molecule has 2 aromatic rings. The van der Waals surface area contributed by atoms with E-state index in [0.29, 0.717) is 29.8 Å². The number of anilines is 1. The van der Waals surface area contributed by atoms with Crippen LogP contribution in [0.5, 0.6) is 5.88 Å². The summed E-state index contributed by atoms with van der Waals surface area (Å²) in [5.74, 6) is 0.510. The fraction of sp³-hybridized carbons (Fsp3) is 0.364. The van der Waals surface area contributed by atoms with Gasteiger partial charge < -0.3 is 10.0 Å². The lowest BCUT2D eigenvalue weighted by atomic mass is 10.3. The topological polar surface area (TPSA) is 96.3 Å². The molecule has 0 radical (unpaired) electrons. The van der Waals surface area contributed by atoms with Gasteiger partial charge in [0.25, 0.3) is 0 Å². The van der Waals surface area contributed by atoms with Crippen LogP contribution in [0.3, 0.4) is 0 Å². The van der Waals surface area contributed by atoms with Crippen molar-refractivity contribution < 1.29 is 13.5 Å². The van der Waals surface area contributed by atoms with Gasteiger partial charge in [-0.05, 0) is 6.07 Å². The molecule has 20 heavy (non-hydrogen) atoms. The second-order valence-corrected chi connectivity index (χ2v) is 7.17. The van der Waals surface area contributed by atoms with Crippen LogP contribution >= 0.6 is 11.6 Å². The molecule has 0 saturated carbocycles. The molecule has 3 heterocycles. The van der Waals surface area contributed by atoms with Gasteiger partial charge in [0, 0.05) is 13.1 Å². The first-order valence-corrected chi connectivity index (χ1v) is 8.12. The zero-order valence-corrected chi connectivity index (χ0v) is 11.9. The third-order valence-corrected chi connectivity index (χ3v) is 5.09. The number of aromatic hydroxyl groups is 1. The minimum atomic E-state index is -2.96. The second kappa shape index (κ2) is 4.71. The smallest absolute Gasteiger partial charge is 0.222 e. The molecule has 106 valence electrons. The Balaban J connectivity index is 2.03. The third kappa shape index (κ3) is 2.36. The second-order valence-electron chi connectivity index (χ2n) is 4.50. The zero-order valence-electron chi connectivity index (χ0n) is 10.3. The Kier molecular flexibility index (Phi) is 3.14. The number of aromatic nitrogens is 3. The summed E-state index contributed by atoms with van der Waals surface area (Å²) in [7, 11) is -2.96. The van der Waals surface area contributed by atoms with Crippen molar-refractivity contribution in [2.75, 3.05) is 29.5 Å². The average molecular weight is 315 g/mol. The molecular weight excluding hydrogens is 304 g/mol. The molecule has 1 aliphatic heterocycles. The standard InChI is InChI=1S/C11H11ClN4O3S/c12-10-9-7(11(17)14-6-13-9)5-8(15-10)16-1-3-20(18,19)4-2-16/h5-6H,1-4H2,(H,13,14,17). The molecule has 0 atom stereocenters. The van der Waals surface area contributed by atoms with Crippen molar-refractivity contribution in [3.05, 3.63) is 17.5 Å². The zero-order chi connectivity index (χ0) is 14.3. The summed E-state index contributed by atoms with van der Waals surface area (Å²) >= 11 is 6.05. The molecule has 9 heteroatoms. The van der Waals surface area contributed by atoms with Crippen LogP contribution < -0.4 is 4.90 Å². The van der Waals surface area contributed by atoms with E-state index >= 15 is 0 Å². The van der Waals surface area contributed by atoms with E-state index in [2.05, 4.69) is 15.0 Å². The lowest BCUT2D eigenvalue weighted by Gasteiger charge is -2.27. The fourth-order valence-corrected chi connectivity index (χ4v) is 3.54. The SMILES string of the molecule is O=S1(=O)CCN(c2cc3c(O)ncnc3c(Cl)n2)CC1. The minimum Gasteiger partial charge on any atom is -0.493 e. The first-order chi connectivity index (χ1) is 9.46. The largest absolute Gasteiger partial charge is 0.493 e. The maximum atomic E-state index is 11.4. The Hall–Kier alpha value is -1.67. The molecule has 0 amide bonds. The van der Waals surface area contributed by atoms with E-state index in [0.717, 1.165) is 0 Å². The van der Waals surface area contributed by atoms with Gasteiger partial charge in [-0.2, -0.15) is 0 Å².